The summed E-state index contributed by atoms with van der Waals surface area (Å²) >= 11 is 0. The van der Waals surface area contributed by atoms with Crippen LogP contribution >= 0.6 is 0 Å². The SMILES string of the molecule is Cc1ccccc1CN1N=N[C@@H]2C(=O)N(c3ccc(F)cc3)C(=O)[C@H]21. The van der Waals surface area contributed by atoms with Crippen molar-refractivity contribution in [1.82, 2.24) is 5.01 Å². The maximum absolute atomic E-state index is 13.1. The van der Waals surface area contributed by atoms with Gasteiger partial charge in [0, 0.05) is 0 Å². The predicted octanol–water partition coefficient (Wildman–Crippen LogP) is 2.63. The van der Waals surface area contributed by atoms with Crippen LogP contribution in [0.25, 0.3) is 0 Å². The van der Waals surface area contributed by atoms with Gasteiger partial charge in [-0.3, -0.25) is 14.6 Å². The zero-order valence-electron chi connectivity index (χ0n) is 13.5. The third-order valence-electron chi connectivity index (χ3n) is 4.54. The number of carbonyl (C=O) groups is 2. The summed E-state index contributed by atoms with van der Waals surface area (Å²) in [6, 6.07) is 11.5. The molecule has 2 atom stereocenters. The van der Waals surface area contributed by atoms with Crippen LogP contribution in [0.5, 0.6) is 0 Å². The van der Waals surface area contributed by atoms with Crippen LogP contribution in [0.4, 0.5) is 10.1 Å². The fourth-order valence-electron chi connectivity index (χ4n) is 3.16. The van der Waals surface area contributed by atoms with Crippen molar-refractivity contribution in [3.05, 3.63) is 65.5 Å². The molecule has 2 aromatic carbocycles. The Morgan fingerprint density at radius 1 is 1.04 bits per heavy atom. The molecule has 2 amide bonds. The smallest absolute Gasteiger partial charge is 0.263 e. The number of anilines is 1. The molecule has 0 spiro atoms. The van der Waals surface area contributed by atoms with Crippen molar-refractivity contribution in [2.45, 2.75) is 25.6 Å². The fourth-order valence-corrected chi connectivity index (χ4v) is 3.16. The van der Waals surface area contributed by atoms with E-state index >= 15 is 0 Å². The Kier molecular flexibility index (Phi) is 3.56. The predicted molar refractivity (Wildman–Crippen MR) is 88.0 cm³/mol. The third-order valence-corrected chi connectivity index (χ3v) is 4.54. The average molecular weight is 338 g/mol. The zero-order chi connectivity index (χ0) is 17.6. The van der Waals surface area contributed by atoms with Gasteiger partial charge in [0.25, 0.3) is 11.8 Å². The molecule has 126 valence electrons. The second-order valence-electron chi connectivity index (χ2n) is 6.11. The number of rotatable bonds is 3. The summed E-state index contributed by atoms with van der Waals surface area (Å²) in [5.41, 5.74) is 2.44. The minimum absolute atomic E-state index is 0.344. The molecule has 0 unspecified atom stereocenters. The molecular weight excluding hydrogens is 323 g/mol. The number of hydrogen-bond acceptors (Lipinski definition) is 5. The highest BCUT2D eigenvalue weighted by Gasteiger charge is 2.54. The molecule has 2 aliphatic heterocycles. The Balaban J connectivity index is 1.62. The van der Waals surface area contributed by atoms with Crippen LogP contribution in [0, 0.1) is 12.7 Å². The van der Waals surface area contributed by atoms with Gasteiger partial charge < -0.3 is 0 Å². The van der Waals surface area contributed by atoms with Crippen molar-refractivity contribution in [1.29, 1.82) is 0 Å². The summed E-state index contributed by atoms with van der Waals surface area (Å²) in [5, 5.41) is 9.58. The quantitative estimate of drug-likeness (QED) is 0.808. The first kappa shape index (κ1) is 15.4. The second-order valence-corrected chi connectivity index (χ2v) is 6.11. The van der Waals surface area contributed by atoms with E-state index in [-0.39, 0.29) is 5.91 Å². The van der Waals surface area contributed by atoms with Crippen molar-refractivity contribution in [3.8, 4) is 0 Å². The van der Waals surface area contributed by atoms with Crippen molar-refractivity contribution in [3.63, 3.8) is 0 Å². The maximum Gasteiger partial charge on any atom is 0.263 e. The van der Waals surface area contributed by atoms with E-state index in [1.54, 1.807) is 5.01 Å². The highest BCUT2D eigenvalue weighted by atomic mass is 19.1. The second kappa shape index (κ2) is 5.77. The van der Waals surface area contributed by atoms with Crippen molar-refractivity contribution >= 4 is 17.5 Å². The Labute approximate surface area is 143 Å². The van der Waals surface area contributed by atoms with Gasteiger partial charge in [-0.2, -0.15) is 5.11 Å². The standard InChI is InChI=1S/C18H15FN4O2/c1-11-4-2-3-5-12(11)10-22-16-15(20-21-22)17(24)23(18(16)25)14-8-6-13(19)7-9-14/h2-9,15-16H,10H2,1H3/t15-,16-/m0/s1. The van der Waals surface area contributed by atoms with Crippen molar-refractivity contribution in [2.75, 3.05) is 4.90 Å². The highest BCUT2D eigenvalue weighted by Crippen LogP contribution is 2.33. The molecule has 2 heterocycles. The van der Waals surface area contributed by atoms with Crippen LogP contribution in [0.2, 0.25) is 0 Å². The lowest BCUT2D eigenvalue weighted by atomic mass is 10.1. The van der Waals surface area contributed by atoms with Crippen LogP contribution in [0.15, 0.2) is 58.9 Å². The molecule has 0 aromatic heterocycles. The van der Waals surface area contributed by atoms with Gasteiger partial charge in [0.2, 0.25) is 0 Å². The minimum Gasteiger partial charge on any atom is -0.271 e. The molecule has 1 fully saturated rings. The highest BCUT2D eigenvalue weighted by molar-refractivity contribution is 6.25. The molecule has 7 heteroatoms. The third kappa shape index (κ3) is 2.48. The van der Waals surface area contributed by atoms with E-state index < -0.39 is 23.8 Å². The van der Waals surface area contributed by atoms with Gasteiger partial charge in [-0.15, -0.1) is 0 Å². The average Bonchev–Trinajstić information content (AvgIpc) is 3.12. The van der Waals surface area contributed by atoms with Gasteiger partial charge in [-0.25, -0.2) is 9.29 Å². The van der Waals surface area contributed by atoms with E-state index in [1.165, 1.54) is 24.3 Å². The summed E-state index contributed by atoms with van der Waals surface area (Å²) in [7, 11) is 0. The molecule has 1 saturated heterocycles. The van der Waals surface area contributed by atoms with Crippen LogP contribution in [0.1, 0.15) is 11.1 Å². The zero-order valence-corrected chi connectivity index (χ0v) is 13.5. The first-order chi connectivity index (χ1) is 12.1. The fraction of sp³-hybridized carbons (Fsp3) is 0.222. The largest absolute Gasteiger partial charge is 0.271 e. The Hall–Kier alpha value is -3.09. The van der Waals surface area contributed by atoms with Gasteiger partial charge in [-0.1, -0.05) is 29.5 Å². The van der Waals surface area contributed by atoms with Crippen LogP contribution in [-0.2, 0) is 16.1 Å². The summed E-state index contributed by atoms with van der Waals surface area (Å²) in [6.45, 7) is 2.38. The van der Waals surface area contributed by atoms with Gasteiger partial charge >= 0.3 is 0 Å². The van der Waals surface area contributed by atoms with Gasteiger partial charge in [0.15, 0.2) is 12.1 Å². The van der Waals surface area contributed by atoms with Gasteiger partial charge in [0.1, 0.15) is 5.82 Å². The molecule has 2 aliphatic rings. The molecule has 0 saturated carbocycles. The molecule has 0 bridgehead atoms. The number of carbonyl (C=O) groups excluding carboxylic acids is 2. The van der Waals surface area contributed by atoms with E-state index in [0.29, 0.717) is 12.2 Å². The maximum atomic E-state index is 13.1. The van der Waals surface area contributed by atoms with Gasteiger partial charge in [-0.05, 0) is 42.3 Å². The lowest BCUT2D eigenvalue weighted by Crippen LogP contribution is -2.39. The Morgan fingerprint density at radius 3 is 2.48 bits per heavy atom. The lowest BCUT2D eigenvalue weighted by molar-refractivity contribution is -0.123. The molecule has 0 N–H and O–H groups in total. The van der Waals surface area contributed by atoms with E-state index in [4.69, 9.17) is 0 Å². The van der Waals surface area contributed by atoms with E-state index in [9.17, 15) is 14.0 Å². The molecule has 25 heavy (non-hydrogen) atoms. The number of halogens is 1. The number of nitrogens with zero attached hydrogens (tertiary/aromatic N) is 4. The first-order valence-corrected chi connectivity index (χ1v) is 7.91. The molecular formula is C18H15FN4O2. The number of fused-ring (bicyclic) bond motifs is 1. The number of benzene rings is 2. The van der Waals surface area contributed by atoms with Crippen molar-refractivity contribution < 1.29 is 14.0 Å². The van der Waals surface area contributed by atoms with E-state index in [2.05, 4.69) is 10.3 Å². The van der Waals surface area contributed by atoms with Crippen molar-refractivity contribution in [2.24, 2.45) is 10.3 Å². The number of imide groups is 1. The van der Waals surface area contributed by atoms with Crippen LogP contribution in [-0.4, -0.2) is 28.9 Å². The number of amides is 2. The summed E-state index contributed by atoms with van der Waals surface area (Å²) in [6.07, 6.45) is 0. The van der Waals surface area contributed by atoms with Crippen LogP contribution < -0.4 is 4.90 Å². The molecule has 0 radical (unpaired) electrons. The molecule has 6 nitrogen and oxygen atoms in total. The normalized spacial score (nSPS) is 22.0. The van der Waals surface area contributed by atoms with Gasteiger partial charge in [0.05, 0.1) is 12.2 Å². The number of hydrogen-bond donors (Lipinski definition) is 0. The summed E-state index contributed by atoms with van der Waals surface area (Å²) in [4.78, 5) is 26.5. The van der Waals surface area contributed by atoms with E-state index in [0.717, 1.165) is 16.0 Å². The monoisotopic (exact) mass is 338 g/mol. The first-order valence-electron chi connectivity index (χ1n) is 7.91. The summed E-state index contributed by atoms with van der Waals surface area (Å²) < 4.78 is 13.1. The molecule has 4 rings (SSSR count). The molecule has 0 aliphatic carbocycles. The Bertz CT molecular complexity index is 881. The van der Waals surface area contributed by atoms with E-state index in [1.807, 2.05) is 31.2 Å². The molecule has 2 aromatic rings. The van der Waals surface area contributed by atoms with Crippen LogP contribution in [0.3, 0.4) is 0 Å². The Morgan fingerprint density at radius 2 is 1.76 bits per heavy atom. The minimum atomic E-state index is -0.846. The number of aryl methyl sites for hydroxylation is 1. The topological polar surface area (TPSA) is 65.3 Å². The summed E-state index contributed by atoms with van der Waals surface area (Å²) in [5.74, 6) is -1.25. The lowest BCUT2D eigenvalue weighted by Gasteiger charge is -2.21.